The van der Waals surface area contributed by atoms with E-state index >= 15 is 0 Å². The Morgan fingerprint density at radius 3 is 2.60 bits per heavy atom. The predicted molar refractivity (Wildman–Crippen MR) is 175 cm³/mol. The van der Waals surface area contributed by atoms with Gasteiger partial charge < -0.3 is 10.1 Å². The zero-order valence-electron chi connectivity index (χ0n) is 23.9. The molecule has 2 nitrogen and oxygen atoms in total. The molecule has 2 unspecified atom stereocenters. The van der Waals surface area contributed by atoms with Crippen LogP contribution < -0.4 is 5.32 Å². The Kier molecular flexibility index (Phi) is 6.66. The van der Waals surface area contributed by atoms with Gasteiger partial charge in [-0.3, -0.25) is 0 Å². The molecule has 0 spiro atoms. The van der Waals surface area contributed by atoms with Crippen molar-refractivity contribution in [1.82, 2.24) is 0 Å². The first kappa shape index (κ1) is 25.9. The summed E-state index contributed by atoms with van der Waals surface area (Å²) in [6.45, 7) is 2.17. The van der Waals surface area contributed by atoms with Crippen LogP contribution in [0.4, 0.5) is 11.4 Å². The molecule has 2 heterocycles. The second-order valence-corrected chi connectivity index (χ2v) is 13.2. The van der Waals surface area contributed by atoms with E-state index in [0.29, 0.717) is 11.8 Å². The molecule has 0 saturated carbocycles. The molecule has 208 valence electrons. The number of ether oxygens (including phenoxy) is 1. The van der Waals surface area contributed by atoms with E-state index in [1.807, 2.05) is 11.8 Å². The van der Waals surface area contributed by atoms with Crippen molar-refractivity contribution in [3.8, 4) is 0 Å². The molecule has 1 N–H and O–H groups in total. The zero-order chi connectivity index (χ0) is 28.0. The van der Waals surface area contributed by atoms with Gasteiger partial charge in [-0.2, -0.15) is 0 Å². The monoisotopic (exact) mass is 565 g/mol. The fourth-order valence-corrected chi connectivity index (χ4v) is 8.37. The first-order chi connectivity index (χ1) is 20.7. The van der Waals surface area contributed by atoms with Crippen LogP contribution in [0.5, 0.6) is 0 Å². The number of fused-ring (bicyclic) bond motifs is 5. The van der Waals surface area contributed by atoms with Crippen molar-refractivity contribution in [2.75, 3.05) is 5.32 Å². The van der Waals surface area contributed by atoms with E-state index in [9.17, 15) is 0 Å². The van der Waals surface area contributed by atoms with E-state index < -0.39 is 0 Å². The molecule has 0 radical (unpaired) electrons. The zero-order valence-corrected chi connectivity index (χ0v) is 24.7. The summed E-state index contributed by atoms with van der Waals surface area (Å²) in [5, 5.41) is 3.87. The fourth-order valence-electron chi connectivity index (χ4n) is 7.23. The van der Waals surface area contributed by atoms with Gasteiger partial charge >= 0.3 is 0 Å². The van der Waals surface area contributed by atoms with E-state index in [1.54, 1.807) is 0 Å². The second kappa shape index (κ2) is 10.8. The molecule has 0 aromatic heterocycles. The Morgan fingerprint density at radius 1 is 0.833 bits per heavy atom. The van der Waals surface area contributed by atoms with Crippen LogP contribution >= 0.6 is 11.8 Å². The lowest BCUT2D eigenvalue weighted by molar-refractivity contribution is 0.0827. The van der Waals surface area contributed by atoms with Gasteiger partial charge in [-0.25, -0.2) is 0 Å². The number of anilines is 2. The lowest BCUT2D eigenvalue weighted by Crippen LogP contribution is -2.23. The van der Waals surface area contributed by atoms with E-state index in [-0.39, 0.29) is 18.1 Å². The van der Waals surface area contributed by atoms with Crippen LogP contribution in [0.25, 0.3) is 5.57 Å². The molecule has 3 aromatic carbocycles. The van der Waals surface area contributed by atoms with Crippen molar-refractivity contribution < 1.29 is 4.74 Å². The van der Waals surface area contributed by atoms with Crippen molar-refractivity contribution >= 4 is 28.7 Å². The first-order valence-corrected chi connectivity index (χ1v) is 16.0. The van der Waals surface area contributed by atoms with Gasteiger partial charge in [0.25, 0.3) is 0 Å². The summed E-state index contributed by atoms with van der Waals surface area (Å²) in [5.41, 5.74) is 10.4. The maximum absolute atomic E-state index is 6.62. The van der Waals surface area contributed by atoms with Gasteiger partial charge in [0.15, 0.2) is 0 Å². The third-order valence-electron chi connectivity index (χ3n) is 9.35. The molecule has 0 amide bonds. The number of benzene rings is 3. The van der Waals surface area contributed by atoms with Crippen LogP contribution in [0, 0.1) is 11.8 Å². The van der Waals surface area contributed by atoms with Gasteiger partial charge in [0.2, 0.25) is 0 Å². The number of allylic oxidation sites excluding steroid dienone is 9. The summed E-state index contributed by atoms with van der Waals surface area (Å²) < 4.78 is 6.62. The number of hydrogen-bond acceptors (Lipinski definition) is 3. The molecule has 8 rings (SSSR count). The van der Waals surface area contributed by atoms with Gasteiger partial charge in [0.1, 0.15) is 0 Å². The highest BCUT2D eigenvalue weighted by Crippen LogP contribution is 2.47. The summed E-state index contributed by atoms with van der Waals surface area (Å²) in [6, 6.07) is 22.6. The smallest absolute Gasteiger partial charge is 0.0836 e. The minimum atomic E-state index is 0.176. The average Bonchev–Trinajstić information content (AvgIpc) is 3.16. The average molecular weight is 566 g/mol. The van der Waals surface area contributed by atoms with Crippen molar-refractivity contribution in [3.63, 3.8) is 0 Å². The maximum Gasteiger partial charge on any atom is 0.0836 e. The summed E-state index contributed by atoms with van der Waals surface area (Å²) in [7, 11) is 0. The van der Waals surface area contributed by atoms with Gasteiger partial charge in [-0.1, -0.05) is 114 Å². The van der Waals surface area contributed by atoms with E-state index in [1.165, 1.54) is 48.9 Å². The third kappa shape index (κ3) is 4.85. The highest BCUT2D eigenvalue weighted by molar-refractivity contribution is 7.99. The van der Waals surface area contributed by atoms with Gasteiger partial charge in [-0.05, 0) is 84.2 Å². The summed E-state index contributed by atoms with van der Waals surface area (Å²) in [5.74, 6) is 1.29. The predicted octanol–water partition coefficient (Wildman–Crippen LogP) is 9.94. The maximum atomic E-state index is 6.62. The molecule has 3 aliphatic carbocycles. The van der Waals surface area contributed by atoms with Gasteiger partial charge in [-0.15, -0.1) is 0 Å². The third-order valence-corrected chi connectivity index (χ3v) is 10.7. The van der Waals surface area contributed by atoms with Crippen LogP contribution in [0.15, 0.2) is 137 Å². The van der Waals surface area contributed by atoms with Crippen molar-refractivity contribution in [1.29, 1.82) is 0 Å². The van der Waals surface area contributed by atoms with Crippen molar-refractivity contribution in [2.45, 2.75) is 54.1 Å². The van der Waals surface area contributed by atoms with E-state index in [4.69, 9.17) is 4.74 Å². The lowest BCUT2D eigenvalue weighted by atomic mass is 9.76. The van der Waals surface area contributed by atoms with E-state index in [0.717, 1.165) is 24.9 Å². The molecule has 0 bridgehead atoms. The van der Waals surface area contributed by atoms with E-state index in [2.05, 4.69) is 134 Å². The largest absolute Gasteiger partial charge is 0.366 e. The normalized spacial score (nSPS) is 25.5. The number of rotatable bonds is 4. The number of nitrogens with one attached hydrogen (secondary N) is 1. The molecule has 1 fully saturated rings. The molecule has 4 atom stereocenters. The summed E-state index contributed by atoms with van der Waals surface area (Å²) in [6.07, 6.45) is 26.1. The van der Waals surface area contributed by atoms with Gasteiger partial charge in [0, 0.05) is 27.3 Å². The minimum Gasteiger partial charge on any atom is -0.366 e. The fraction of sp³-hybridized carbons (Fsp3) is 0.231. The minimum absolute atomic E-state index is 0.176. The van der Waals surface area contributed by atoms with Crippen molar-refractivity contribution in [2.24, 2.45) is 11.8 Å². The molecule has 3 heteroatoms. The van der Waals surface area contributed by atoms with Crippen LogP contribution in [-0.4, -0.2) is 12.2 Å². The number of hydrogen-bond donors (Lipinski definition) is 1. The Hall–Kier alpha value is -3.79. The SMILES string of the molecule is CC1=CC2O[C@H]3C=C(c4cc(Nc5cccc6c5Sc5ccccc5C6)cc(C5C=CC=CC=C5)c4)CCC3[C@@H]2C=C1. The van der Waals surface area contributed by atoms with Crippen molar-refractivity contribution in [3.05, 3.63) is 149 Å². The highest BCUT2D eigenvalue weighted by Gasteiger charge is 2.43. The molecular formula is C39H35NOS. The topological polar surface area (TPSA) is 21.3 Å². The van der Waals surface area contributed by atoms with Crippen LogP contribution in [0.2, 0.25) is 0 Å². The Balaban J connectivity index is 1.15. The Bertz CT molecular complexity index is 1720. The molecular weight excluding hydrogens is 531 g/mol. The quantitative estimate of drug-likeness (QED) is 0.266. The first-order valence-electron chi connectivity index (χ1n) is 15.2. The van der Waals surface area contributed by atoms with Crippen LogP contribution in [-0.2, 0) is 11.2 Å². The molecule has 3 aromatic rings. The van der Waals surface area contributed by atoms with Gasteiger partial charge in [0.05, 0.1) is 17.9 Å². The standard InChI is InChI=1S/C39H35NOS/c1-25-15-17-33-34-18-16-27(24-37(34)41-36(33)19-25)31-21-30(26-9-4-2-3-5-10-26)22-32(23-31)40-35-13-8-12-29-20-28-11-6-7-14-38(28)42-39(29)35/h2-15,17,19,21-24,26,33-34,36-37,40H,16,18,20H2,1H3/t33-,34?,36?,37-/m0/s1. The Morgan fingerprint density at radius 2 is 1.69 bits per heavy atom. The van der Waals surface area contributed by atoms with Crippen LogP contribution in [0.1, 0.15) is 47.9 Å². The molecule has 1 saturated heterocycles. The lowest BCUT2D eigenvalue weighted by Gasteiger charge is -2.27. The Labute approximate surface area is 253 Å². The summed E-state index contributed by atoms with van der Waals surface area (Å²) in [4.78, 5) is 2.69. The summed E-state index contributed by atoms with van der Waals surface area (Å²) >= 11 is 1.88. The molecule has 42 heavy (non-hydrogen) atoms. The molecule has 5 aliphatic rings. The highest BCUT2D eigenvalue weighted by atomic mass is 32.2. The molecule has 2 aliphatic heterocycles. The van der Waals surface area contributed by atoms with Crippen LogP contribution in [0.3, 0.4) is 0 Å². The second-order valence-electron chi connectivity index (χ2n) is 12.1.